The number of carbonyl (C=O) groups excluding carboxylic acids is 2. The van der Waals surface area contributed by atoms with Gasteiger partial charge in [0.15, 0.2) is 5.82 Å². The van der Waals surface area contributed by atoms with Crippen molar-refractivity contribution in [3.8, 4) is 11.4 Å². The van der Waals surface area contributed by atoms with Crippen LogP contribution in [0.2, 0.25) is 5.02 Å². The van der Waals surface area contributed by atoms with Gasteiger partial charge in [0.2, 0.25) is 11.8 Å². The summed E-state index contributed by atoms with van der Waals surface area (Å²) in [6.07, 6.45) is 4.69. The zero-order chi connectivity index (χ0) is 22.8. The number of hydrogen-bond donors (Lipinski definition) is 1. The molecule has 33 heavy (non-hydrogen) atoms. The molecule has 5 rings (SSSR count). The monoisotopic (exact) mass is 463 g/mol. The van der Waals surface area contributed by atoms with Crippen molar-refractivity contribution >= 4 is 29.1 Å². The third-order valence-corrected chi connectivity index (χ3v) is 6.79. The summed E-state index contributed by atoms with van der Waals surface area (Å²) in [6, 6.07) is 15.1. The summed E-state index contributed by atoms with van der Waals surface area (Å²) in [5, 5.41) is 12.3. The SMILES string of the molecule is O=C(Nc1ccc(-c2nnc3n2CCCCC3)cc1)C1CC(=O)N(Cc2ccccc2Cl)C1. The van der Waals surface area contributed by atoms with Gasteiger partial charge in [-0.1, -0.05) is 36.2 Å². The van der Waals surface area contributed by atoms with Crippen LogP contribution in [0, 0.1) is 5.92 Å². The molecule has 0 aliphatic carbocycles. The molecule has 3 aromatic rings. The minimum atomic E-state index is -0.382. The van der Waals surface area contributed by atoms with E-state index in [-0.39, 0.29) is 24.2 Å². The second-order valence-electron chi connectivity index (χ2n) is 8.74. The van der Waals surface area contributed by atoms with Crippen LogP contribution >= 0.6 is 11.6 Å². The summed E-state index contributed by atoms with van der Waals surface area (Å²) in [4.78, 5) is 27.0. The first-order valence-corrected chi connectivity index (χ1v) is 11.8. The fraction of sp³-hybridized carbons (Fsp3) is 0.360. The molecule has 8 heteroatoms. The molecule has 170 valence electrons. The van der Waals surface area contributed by atoms with Crippen molar-refractivity contribution in [1.29, 1.82) is 0 Å². The van der Waals surface area contributed by atoms with Gasteiger partial charge in [-0.15, -0.1) is 10.2 Å². The quantitative estimate of drug-likeness (QED) is 0.611. The van der Waals surface area contributed by atoms with Crippen molar-refractivity contribution in [2.24, 2.45) is 5.92 Å². The average molecular weight is 464 g/mol. The van der Waals surface area contributed by atoms with Crippen molar-refractivity contribution in [3.05, 3.63) is 64.9 Å². The number of carbonyl (C=O) groups is 2. The summed E-state index contributed by atoms with van der Waals surface area (Å²) in [5.74, 6) is 1.37. The maximum atomic E-state index is 12.8. The Morgan fingerprint density at radius 2 is 1.88 bits per heavy atom. The van der Waals surface area contributed by atoms with Gasteiger partial charge >= 0.3 is 0 Å². The maximum Gasteiger partial charge on any atom is 0.229 e. The molecule has 2 amide bonds. The van der Waals surface area contributed by atoms with Crippen molar-refractivity contribution in [2.45, 2.75) is 45.2 Å². The van der Waals surface area contributed by atoms with E-state index in [0.29, 0.717) is 23.8 Å². The van der Waals surface area contributed by atoms with E-state index in [2.05, 4.69) is 20.1 Å². The van der Waals surface area contributed by atoms with E-state index < -0.39 is 0 Å². The number of rotatable bonds is 5. The van der Waals surface area contributed by atoms with Crippen LogP contribution in [-0.2, 0) is 29.1 Å². The van der Waals surface area contributed by atoms with Gasteiger partial charge in [-0.3, -0.25) is 9.59 Å². The number of nitrogens with one attached hydrogen (secondary N) is 1. The molecule has 1 saturated heterocycles. The topological polar surface area (TPSA) is 80.1 Å². The van der Waals surface area contributed by atoms with Crippen LogP contribution in [0.15, 0.2) is 48.5 Å². The zero-order valence-corrected chi connectivity index (χ0v) is 19.1. The summed E-state index contributed by atoms with van der Waals surface area (Å²) < 4.78 is 2.21. The van der Waals surface area contributed by atoms with Crippen molar-refractivity contribution in [3.63, 3.8) is 0 Å². The molecule has 0 bridgehead atoms. The van der Waals surface area contributed by atoms with Gasteiger partial charge in [-0.05, 0) is 48.7 Å². The lowest BCUT2D eigenvalue weighted by atomic mass is 10.1. The molecule has 2 aliphatic rings. The number of aryl methyl sites for hydroxylation is 1. The fourth-order valence-corrected chi connectivity index (χ4v) is 4.77. The van der Waals surface area contributed by atoms with Gasteiger partial charge in [-0.2, -0.15) is 0 Å². The Morgan fingerprint density at radius 3 is 2.70 bits per heavy atom. The summed E-state index contributed by atoms with van der Waals surface area (Å²) in [5.41, 5.74) is 2.57. The molecule has 1 N–H and O–H groups in total. The molecule has 0 radical (unpaired) electrons. The van der Waals surface area contributed by atoms with E-state index in [0.717, 1.165) is 48.6 Å². The summed E-state index contributed by atoms with van der Waals surface area (Å²) in [6.45, 7) is 1.75. The van der Waals surface area contributed by atoms with Crippen LogP contribution in [0.25, 0.3) is 11.4 Å². The number of amides is 2. The Hall–Kier alpha value is -3.19. The second-order valence-corrected chi connectivity index (χ2v) is 9.14. The van der Waals surface area contributed by atoms with Gasteiger partial charge < -0.3 is 14.8 Å². The number of likely N-dealkylation sites (tertiary alicyclic amines) is 1. The Labute approximate surface area is 197 Å². The van der Waals surface area contributed by atoms with Gasteiger partial charge in [0.25, 0.3) is 0 Å². The maximum absolute atomic E-state index is 12.8. The first-order valence-electron chi connectivity index (χ1n) is 11.4. The lowest BCUT2D eigenvalue weighted by Crippen LogP contribution is -2.28. The molecule has 3 heterocycles. The lowest BCUT2D eigenvalue weighted by Gasteiger charge is -2.17. The fourth-order valence-electron chi connectivity index (χ4n) is 4.58. The van der Waals surface area contributed by atoms with Crippen LogP contribution in [-0.4, -0.2) is 38.0 Å². The third-order valence-electron chi connectivity index (χ3n) is 6.42. The average Bonchev–Trinajstić information content (AvgIpc) is 3.31. The molecular formula is C25H26ClN5O2. The van der Waals surface area contributed by atoms with Crippen molar-refractivity contribution in [1.82, 2.24) is 19.7 Å². The van der Waals surface area contributed by atoms with E-state index >= 15 is 0 Å². The van der Waals surface area contributed by atoms with Crippen LogP contribution in [0.4, 0.5) is 5.69 Å². The largest absolute Gasteiger partial charge is 0.337 e. The molecular weight excluding hydrogens is 438 g/mol. The lowest BCUT2D eigenvalue weighted by molar-refractivity contribution is -0.128. The molecule has 1 aromatic heterocycles. The molecule has 0 spiro atoms. The molecule has 1 unspecified atom stereocenters. The standard InChI is InChI=1S/C25H26ClN5O2/c26-21-7-4-3-6-18(21)15-30-16-19(14-23(30)32)25(33)27-20-11-9-17(10-12-20)24-29-28-22-8-2-1-5-13-31(22)24/h3-4,6-7,9-12,19H,1-2,5,8,13-16H2,(H,27,33). The Morgan fingerprint density at radius 1 is 1.06 bits per heavy atom. The van der Waals surface area contributed by atoms with Crippen molar-refractivity contribution < 1.29 is 9.59 Å². The van der Waals surface area contributed by atoms with Crippen LogP contribution < -0.4 is 5.32 Å². The van der Waals surface area contributed by atoms with Gasteiger partial charge in [0.1, 0.15) is 5.82 Å². The van der Waals surface area contributed by atoms with Gasteiger partial charge in [0, 0.05) is 48.7 Å². The number of halogens is 1. The highest BCUT2D eigenvalue weighted by Gasteiger charge is 2.34. The van der Waals surface area contributed by atoms with E-state index in [1.165, 1.54) is 6.42 Å². The Bertz CT molecular complexity index is 1170. The van der Waals surface area contributed by atoms with E-state index in [9.17, 15) is 9.59 Å². The van der Waals surface area contributed by atoms with Crippen LogP contribution in [0.1, 0.15) is 37.1 Å². The zero-order valence-electron chi connectivity index (χ0n) is 18.3. The minimum Gasteiger partial charge on any atom is -0.337 e. The smallest absolute Gasteiger partial charge is 0.229 e. The number of anilines is 1. The number of hydrogen-bond acceptors (Lipinski definition) is 4. The first kappa shape index (κ1) is 21.6. The minimum absolute atomic E-state index is 0.0297. The number of fused-ring (bicyclic) bond motifs is 1. The Balaban J connectivity index is 1.22. The first-order chi connectivity index (χ1) is 16.1. The molecule has 2 aliphatic heterocycles. The predicted octanol–water partition coefficient (Wildman–Crippen LogP) is 4.31. The highest BCUT2D eigenvalue weighted by Crippen LogP contribution is 2.26. The van der Waals surface area contributed by atoms with E-state index in [1.54, 1.807) is 4.90 Å². The molecule has 1 fully saturated rings. The normalized spacial score (nSPS) is 18.2. The van der Waals surface area contributed by atoms with E-state index in [4.69, 9.17) is 11.6 Å². The van der Waals surface area contributed by atoms with Crippen molar-refractivity contribution in [2.75, 3.05) is 11.9 Å². The van der Waals surface area contributed by atoms with Gasteiger partial charge in [0.05, 0.1) is 5.92 Å². The number of benzene rings is 2. The molecule has 7 nitrogen and oxygen atoms in total. The molecule has 2 aromatic carbocycles. The Kier molecular flexibility index (Phi) is 6.13. The van der Waals surface area contributed by atoms with Gasteiger partial charge in [-0.25, -0.2) is 0 Å². The summed E-state index contributed by atoms with van der Waals surface area (Å²) in [7, 11) is 0. The molecule has 1 atom stereocenters. The summed E-state index contributed by atoms with van der Waals surface area (Å²) >= 11 is 6.23. The predicted molar refractivity (Wildman–Crippen MR) is 127 cm³/mol. The highest BCUT2D eigenvalue weighted by atomic mass is 35.5. The molecule has 0 saturated carbocycles. The number of aromatic nitrogens is 3. The highest BCUT2D eigenvalue weighted by molar-refractivity contribution is 6.31. The third kappa shape index (κ3) is 4.64. The second kappa shape index (κ2) is 9.35. The number of nitrogens with zero attached hydrogens (tertiary/aromatic N) is 4. The van der Waals surface area contributed by atoms with E-state index in [1.807, 2.05) is 48.5 Å². The van der Waals surface area contributed by atoms with Crippen LogP contribution in [0.3, 0.4) is 0 Å². The van der Waals surface area contributed by atoms with Crippen LogP contribution in [0.5, 0.6) is 0 Å².